The normalized spacial score (nSPS) is 11.5. The molecule has 0 spiro atoms. The van der Waals surface area contributed by atoms with Crippen LogP contribution in [0.15, 0.2) is 6.07 Å². The molecule has 0 bridgehead atoms. The average Bonchev–Trinajstić information content (AvgIpc) is 2.80. The average molecular weight is 276 g/mol. The molecule has 0 aliphatic rings. The van der Waals surface area contributed by atoms with Gasteiger partial charge < -0.3 is 13.8 Å². The predicted octanol–water partition coefficient (Wildman–Crippen LogP) is 1.48. The molecule has 1 aromatic rings. The molecule has 0 aromatic carbocycles. The minimum absolute atomic E-state index is 0.0477. The van der Waals surface area contributed by atoms with E-state index in [1.54, 1.807) is 20.8 Å². The van der Waals surface area contributed by atoms with Crippen molar-refractivity contribution >= 4 is 19.0 Å². The van der Waals surface area contributed by atoms with Gasteiger partial charge in [0, 0.05) is 6.07 Å². The van der Waals surface area contributed by atoms with Crippen LogP contribution < -0.4 is 5.44 Å². The van der Waals surface area contributed by atoms with E-state index in [4.69, 9.17) is 13.8 Å². The molecule has 0 unspecified atom stereocenters. The number of esters is 1. The molecule has 1 N–H and O–H groups in total. The number of aromatic amines is 1. The Morgan fingerprint density at radius 1 is 1.28 bits per heavy atom. The van der Waals surface area contributed by atoms with Gasteiger partial charge in [-0.05, 0) is 20.8 Å². The van der Waals surface area contributed by atoms with Crippen LogP contribution in [-0.4, -0.2) is 36.0 Å². The Bertz CT molecular complexity index is 435. The fourth-order valence-corrected chi connectivity index (χ4v) is 2.76. The Hall–Kier alpha value is -1.17. The van der Waals surface area contributed by atoms with Gasteiger partial charge >= 0.3 is 13.6 Å². The molecular weight excluding hydrogens is 259 g/mol. The summed E-state index contributed by atoms with van der Waals surface area (Å²) in [6.45, 7) is 5.80. The molecule has 0 radical (unpaired) electrons. The molecule has 0 aliphatic heterocycles. The zero-order valence-electron chi connectivity index (χ0n) is 10.6. The molecule has 0 saturated carbocycles. The highest BCUT2D eigenvalue weighted by molar-refractivity contribution is 7.61. The van der Waals surface area contributed by atoms with Gasteiger partial charge in [-0.15, -0.1) is 0 Å². The number of nitrogens with zero attached hydrogens (tertiary/aromatic N) is 1. The number of carbonyl (C=O) groups excluding carboxylic acids is 1. The highest BCUT2D eigenvalue weighted by Crippen LogP contribution is 2.46. The number of aromatic nitrogens is 2. The maximum atomic E-state index is 12.3. The second-order valence-electron chi connectivity index (χ2n) is 3.19. The first-order chi connectivity index (χ1) is 8.57. The molecule has 8 heteroatoms. The number of carbonyl (C=O) groups is 1. The van der Waals surface area contributed by atoms with Crippen molar-refractivity contribution in [3.8, 4) is 0 Å². The van der Waals surface area contributed by atoms with E-state index in [0.29, 0.717) is 0 Å². The van der Waals surface area contributed by atoms with Crippen LogP contribution in [0.1, 0.15) is 31.3 Å². The van der Waals surface area contributed by atoms with Crippen LogP contribution in [0.3, 0.4) is 0 Å². The van der Waals surface area contributed by atoms with Gasteiger partial charge in [0.1, 0.15) is 5.44 Å². The highest BCUT2D eigenvalue weighted by atomic mass is 31.2. The minimum Gasteiger partial charge on any atom is -0.461 e. The van der Waals surface area contributed by atoms with Crippen molar-refractivity contribution < 1.29 is 23.1 Å². The van der Waals surface area contributed by atoms with Crippen LogP contribution >= 0.6 is 7.60 Å². The van der Waals surface area contributed by atoms with E-state index in [1.807, 2.05) is 0 Å². The third-order valence-electron chi connectivity index (χ3n) is 1.94. The summed E-state index contributed by atoms with van der Waals surface area (Å²) in [5.74, 6) is -0.584. The Morgan fingerprint density at radius 2 is 1.89 bits per heavy atom. The first kappa shape index (κ1) is 14.9. The first-order valence-electron chi connectivity index (χ1n) is 5.69. The predicted molar refractivity (Wildman–Crippen MR) is 65.0 cm³/mol. The van der Waals surface area contributed by atoms with Crippen LogP contribution in [0.25, 0.3) is 0 Å². The Kier molecular flexibility index (Phi) is 5.53. The maximum Gasteiger partial charge on any atom is 0.378 e. The SMILES string of the molecule is CCOC(=O)c1cc(P(=O)(OCC)OCC)[nH]n1. The van der Waals surface area contributed by atoms with E-state index in [9.17, 15) is 9.36 Å². The van der Waals surface area contributed by atoms with E-state index in [1.165, 1.54) is 6.07 Å². The molecule has 0 aliphatic carbocycles. The summed E-state index contributed by atoms with van der Waals surface area (Å²) in [4.78, 5) is 11.4. The Morgan fingerprint density at radius 3 is 2.39 bits per heavy atom. The second-order valence-corrected chi connectivity index (χ2v) is 5.19. The van der Waals surface area contributed by atoms with Crippen LogP contribution in [0.4, 0.5) is 0 Å². The van der Waals surface area contributed by atoms with Crippen LogP contribution in [-0.2, 0) is 18.3 Å². The fraction of sp³-hybridized carbons (Fsp3) is 0.600. The number of hydrogen-bond donors (Lipinski definition) is 1. The van der Waals surface area contributed by atoms with Crippen LogP contribution in [0.5, 0.6) is 0 Å². The summed E-state index contributed by atoms with van der Waals surface area (Å²) in [6, 6.07) is 1.32. The van der Waals surface area contributed by atoms with Crippen molar-refractivity contribution in [2.45, 2.75) is 20.8 Å². The number of nitrogens with one attached hydrogen (secondary N) is 1. The van der Waals surface area contributed by atoms with E-state index in [2.05, 4.69) is 10.2 Å². The molecule has 0 atom stereocenters. The molecular formula is C10H17N2O5P. The number of ether oxygens (including phenoxy) is 1. The number of hydrogen-bond acceptors (Lipinski definition) is 6. The molecule has 1 heterocycles. The topological polar surface area (TPSA) is 90.5 Å². The summed E-state index contributed by atoms with van der Waals surface area (Å²) in [5.41, 5.74) is 0.195. The molecule has 0 amide bonds. The van der Waals surface area contributed by atoms with Crippen LogP contribution in [0.2, 0.25) is 0 Å². The number of H-pyrrole nitrogens is 1. The lowest BCUT2D eigenvalue weighted by Crippen LogP contribution is -2.11. The zero-order chi connectivity index (χ0) is 13.6. The van der Waals surface area contributed by atoms with E-state index < -0.39 is 13.6 Å². The number of rotatable bonds is 7. The van der Waals surface area contributed by atoms with Crippen molar-refractivity contribution in [2.24, 2.45) is 0 Å². The molecule has 1 rings (SSSR count). The monoisotopic (exact) mass is 276 g/mol. The van der Waals surface area contributed by atoms with E-state index in [0.717, 1.165) is 0 Å². The van der Waals surface area contributed by atoms with Gasteiger partial charge in [-0.2, -0.15) is 5.10 Å². The summed E-state index contributed by atoms with van der Waals surface area (Å²) in [7, 11) is -3.44. The van der Waals surface area contributed by atoms with E-state index >= 15 is 0 Å². The summed E-state index contributed by atoms with van der Waals surface area (Å²) in [6.07, 6.45) is 0. The van der Waals surface area contributed by atoms with Gasteiger partial charge in [0.05, 0.1) is 19.8 Å². The largest absolute Gasteiger partial charge is 0.461 e. The summed E-state index contributed by atoms with van der Waals surface area (Å²) in [5, 5.41) is 6.22. The maximum absolute atomic E-state index is 12.3. The van der Waals surface area contributed by atoms with Gasteiger partial charge in [-0.25, -0.2) is 4.79 Å². The Balaban J connectivity index is 2.94. The van der Waals surface area contributed by atoms with Crippen molar-refractivity contribution in [2.75, 3.05) is 19.8 Å². The minimum atomic E-state index is -3.44. The molecule has 0 saturated heterocycles. The van der Waals surface area contributed by atoms with Gasteiger partial charge in [0.25, 0.3) is 0 Å². The lowest BCUT2D eigenvalue weighted by Gasteiger charge is -2.14. The zero-order valence-corrected chi connectivity index (χ0v) is 11.5. The van der Waals surface area contributed by atoms with Gasteiger partial charge in [0.15, 0.2) is 5.69 Å². The molecule has 18 heavy (non-hydrogen) atoms. The van der Waals surface area contributed by atoms with Crippen molar-refractivity contribution in [3.05, 3.63) is 11.8 Å². The fourth-order valence-electron chi connectivity index (χ4n) is 1.28. The third kappa shape index (κ3) is 3.41. The smallest absolute Gasteiger partial charge is 0.378 e. The standard InChI is InChI=1S/C10H17N2O5P/c1-4-15-10(13)8-7-9(12-11-8)18(14,16-5-2)17-6-3/h7H,4-6H2,1-3H3,(H,11,12). The lowest BCUT2D eigenvalue weighted by molar-refractivity contribution is 0.0519. The first-order valence-corrected chi connectivity index (χ1v) is 7.23. The molecule has 102 valence electrons. The Labute approximate surface area is 105 Å². The third-order valence-corrected chi connectivity index (χ3v) is 3.96. The lowest BCUT2D eigenvalue weighted by atomic mass is 10.4. The quantitative estimate of drug-likeness (QED) is 0.599. The summed E-state index contributed by atoms with van der Waals surface area (Å²) < 4.78 is 27.4. The van der Waals surface area contributed by atoms with Gasteiger partial charge in [-0.1, -0.05) is 0 Å². The van der Waals surface area contributed by atoms with Crippen LogP contribution in [0, 0.1) is 0 Å². The summed E-state index contributed by atoms with van der Waals surface area (Å²) >= 11 is 0. The second kappa shape index (κ2) is 6.68. The molecule has 7 nitrogen and oxygen atoms in total. The molecule has 1 aromatic heterocycles. The van der Waals surface area contributed by atoms with Gasteiger partial charge in [-0.3, -0.25) is 9.66 Å². The van der Waals surface area contributed by atoms with Crippen molar-refractivity contribution in [1.82, 2.24) is 10.2 Å². The van der Waals surface area contributed by atoms with Crippen molar-refractivity contribution in [1.29, 1.82) is 0 Å². The molecule has 0 fully saturated rings. The van der Waals surface area contributed by atoms with E-state index in [-0.39, 0.29) is 30.9 Å². The van der Waals surface area contributed by atoms with Crippen molar-refractivity contribution in [3.63, 3.8) is 0 Å². The highest BCUT2D eigenvalue weighted by Gasteiger charge is 2.30. The van der Waals surface area contributed by atoms with Gasteiger partial charge in [0.2, 0.25) is 0 Å².